The number of ether oxygens (including phenoxy) is 1. The topological polar surface area (TPSA) is 59.2 Å². The molecule has 1 aromatic carbocycles. The summed E-state index contributed by atoms with van der Waals surface area (Å²) in [6, 6.07) is 2.40. The molecule has 0 aliphatic rings. The molecule has 0 saturated heterocycles. The standard InChI is InChI=1S/C11H7ClFNO3/c1-17-11(16)5-4-14-9-6(12)2-3-7(13)8(9)10(5)15/h2-4H,1H3,(H,14,15). The number of halogens is 2. The van der Waals surface area contributed by atoms with Gasteiger partial charge < -0.3 is 9.72 Å². The van der Waals surface area contributed by atoms with Gasteiger partial charge in [0.2, 0.25) is 5.43 Å². The number of fused-ring (bicyclic) bond motifs is 1. The van der Waals surface area contributed by atoms with E-state index in [0.717, 1.165) is 19.4 Å². The van der Waals surface area contributed by atoms with Gasteiger partial charge in [0.15, 0.2) is 0 Å². The fourth-order valence-electron chi connectivity index (χ4n) is 1.52. The summed E-state index contributed by atoms with van der Waals surface area (Å²) in [4.78, 5) is 25.8. The van der Waals surface area contributed by atoms with Crippen LogP contribution >= 0.6 is 11.6 Å². The normalized spacial score (nSPS) is 10.5. The molecule has 1 aromatic heterocycles. The van der Waals surface area contributed by atoms with Crippen LogP contribution < -0.4 is 5.43 Å². The number of hydrogen-bond acceptors (Lipinski definition) is 3. The van der Waals surface area contributed by atoms with E-state index in [-0.39, 0.29) is 21.5 Å². The number of hydrogen-bond donors (Lipinski definition) is 1. The van der Waals surface area contributed by atoms with Gasteiger partial charge >= 0.3 is 5.97 Å². The molecule has 1 N–H and O–H groups in total. The molecule has 88 valence electrons. The minimum absolute atomic E-state index is 0.157. The maximum Gasteiger partial charge on any atom is 0.343 e. The first kappa shape index (κ1) is 11.6. The SMILES string of the molecule is COC(=O)c1c[nH]c2c(Cl)ccc(F)c2c1=O. The summed E-state index contributed by atoms with van der Waals surface area (Å²) >= 11 is 5.81. The second-order valence-corrected chi connectivity index (χ2v) is 3.71. The van der Waals surface area contributed by atoms with Crippen molar-refractivity contribution in [2.24, 2.45) is 0 Å². The summed E-state index contributed by atoms with van der Waals surface area (Å²) in [7, 11) is 1.14. The van der Waals surface area contributed by atoms with Gasteiger partial charge in [-0.15, -0.1) is 0 Å². The molecule has 17 heavy (non-hydrogen) atoms. The highest BCUT2D eigenvalue weighted by atomic mass is 35.5. The number of methoxy groups -OCH3 is 1. The van der Waals surface area contributed by atoms with E-state index in [9.17, 15) is 14.0 Å². The molecule has 0 fully saturated rings. The zero-order chi connectivity index (χ0) is 12.6. The van der Waals surface area contributed by atoms with Crippen molar-refractivity contribution in [3.8, 4) is 0 Å². The second kappa shape index (κ2) is 4.18. The summed E-state index contributed by atoms with van der Waals surface area (Å²) in [5.74, 6) is -1.57. The van der Waals surface area contributed by atoms with E-state index in [4.69, 9.17) is 11.6 Å². The van der Waals surface area contributed by atoms with Crippen LogP contribution in [0, 0.1) is 5.82 Å². The summed E-state index contributed by atoms with van der Waals surface area (Å²) in [5, 5.41) is -0.0460. The Hall–Kier alpha value is -1.88. The second-order valence-electron chi connectivity index (χ2n) is 3.30. The van der Waals surface area contributed by atoms with Crippen LogP contribution in [0.2, 0.25) is 5.02 Å². The highest BCUT2D eigenvalue weighted by molar-refractivity contribution is 6.35. The number of rotatable bonds is 1. The summed E-state index contributed by atoms with van der Waals surface area (Å²) < 4.78 is 18.0. The van der Waals surface area contributed by atoms with E-state index in [1.165, 1.54) is 6.07 Å². The summed E-state index contributed by atoms with van der Waals surface area (Å²) in [6.07, 6.45) is 1.15. The van der Waals surface area contributed by atoms with Crippen LogP contribution in [0.15, 0.2) is 23.1 Å². The van der Waals surface area contributed by atoms with Gasteiger partial charge in [-0.05, 0) is 12.1 Å². The van der Waals surface area contributed by atoms with Crippen molar-refractivity contribution in [1.82, 2.24) is 4.98 Å². The number of nitrogens with one attached hydrogen (secondary N) is 1. The molecular weight excluding hydrogens is 249 g/mol. The van der Waals surface area contributed by atoms with Gasteiger partial charge in [-0.2, -0.15) is 0 Å². The van der Waals surface area contributed by atoms with Gasteiger partial charge in [-0.3, -0.25) is 4.79 Å². The first-order valence-electron chi connectivity index (χ1n) is 4.64. The molecule has 0 amide bonds. The van der Waals surface area contributed by atoms with Gasteiger partial charge in [0, 0.05) is 6.20 Å². The molecule has 2 aromatic rings. The highest BCUT2D eigenvalue weighted by Crippen LogP contribution is 2.21. The van der Waals surface area contributed by atoms with Crippen LogP contribution in [-0.4, -0.2) is 18.1 Å². The Labute approximate surface area is 100.0 Å². The minimum Gasteiger partial charge on any atom is -0.465 e. The Kier molecular flexibility index (Phi) is 2.85. The predicted octanol–water partition coefficient (Wildman–Crippen LogP) is 2.11. The maximum absolute atomic E-state index is 13.5. The number of carbonyl (C=O) groups excluding carboxylic acids is 1. The average molecular weight is 256 g/mol. The average Bonchev–Trinajstić information content (AvgIpc) is 2.33. The molecule has 4 nitrogen and oxygen atoms in total. The smallest absolute Gasteiger partial charge is 0.343 e. The van der Waals surface area contributed by atoms with Gasteiger partial charge in [-0.1, -0.05) is 11.6 Å². The summed E-state index contributed by atoms with van der Waals surface area (Å²) in [5.41, 5.74) is -0.851. The van der Waals surface area contributed by atoms with Crippen molar-refractivity contribution in [2.75, 3.05) is 7.11 Å². The molecule has 0 spiro atoms. The first-order valence-corrected chi connectivity index (χ1v) is 5.01. The van der Waals surface area contributed by atoms with Crippen LogP contribution in [0.4, 0.5) is 4.39 Å². The van der Waals surface area contributed by atoms with E-state index in [2.05, 4.69) is 9.72 Å². The van der Waals surface area contributed by atoms with Gasteiger partial charge in [0.05, 0.1) is 23.0 Å². The molecule has 0 bridgehead atoms. The molecule has 0 aliphatic heterocycles. The van der Waals surface area contributed by atoms with E-state index in [1.807, 2.05) is 0 Å². The predicted molar refractivity (Wildman–Crippen MR) is 60.9 cm³/mol. The van der Waals surface area contributed by atoms with Gasteiger partial charge in [0.25, 0.3) is 0 Å². The van der Waals surface area contributed by atoms with E-state index >= 15 is 0 Å². The Bertz CT molecular complexity index is 666. The first-order chi connectivity index (χ1) is 8.06. The number of carbonyl (C=O) groups is 1. The maximum atomic E-state index is 13.5. The van der Waals surface area contributed by atoms with Crippen LogP contribution in [0.5, 0.6) is 0 Å². The van der Waals surface area contributed by atoms with E-state index in [0.29, 0.717) is 0 Å². The van der Waals surface area contributed by atoms with Crippen molar-refractivity contribution in [1.29, 1.82) is 0 Å². The molecule has 0 aliphatic carbocycles. The van der Waals surface area contributed by atoms with Gasteiger partial charge in [-0.25, -0.2) is 9.18 Å². The Morgan fingerprint density at radius 1 is 1.47 bits per heavy atom. The molecule has 0 saturated carbocycles. The Morgan fingerprint density at radius 2 is 2.18 bits per heavy atom. The number of benzene rings is 1. The largest absolute Gasteiger partial charge is 0.465 e. The van der Waals surface area contributed by atoms with Crippen LogP contribution in [0.1, 0.15) is 10.4 Å². The van der Waals surface area contributed by atoms with Crippen LogP contribution in [0.3, 0.4) is 0 Å². The van der Waals surface area contributed by atoms with E-state index in [1.54, 1.807) is 0 Å². The molecular formula is C11H7ClFNO3. The third-order valence-corrected chi connectivity index (χ3v) is 2.66. The number of pyridine rings is 1. The van der Waals surface area contributed by atoms with Crippen molar-refractivity contribution in [2.45, 2.75) is 0 Å². The highest BCUT2D eigenvalue weighted by Gasteiger charge is 2.16. The number of esters is 1. The minimum atomic E-state index is -0.826. The Morgan fingerprint density at radius 3 is 2.82 bits per heavy atom. The lowest BCUT2D eigenvalue weighted by molar-refractivity contribution is 0.0599. The fraction of sp³-hybridized carbons (Fsp3) is 0.0909. The number of aromatic nitrogens is 1. The van der Waals surface area contributed by atoms with Crippen LogP contribution in [0.25, 0.3) is 10.9 Å². The third-order valence-electron chi connectivity index (χ3n) is 2.34. The van der Waals surface area contributed by atoms with Crippen molar-refractivity contribution in [3.05, 3.63) is 45.0 Å². The molecule has 0 radical (unpaired) electrons. The number of H-pyrrole nitrogens is 1. The zero-order valence-corrected chi connectivity index (χ0v) is 9.47. The number of aromatic amines is 1. The third kappa shape index (κ3) is 1.78. The van der Waals surface area contributed by atoms with Crippen molar-refractivity contribution in [3.63, 3.8) is 0 Å². The van der Waals surface area contributed by atoms with Crippen LogP contribution in [-0.2, 0) is 4.74 Å². The van der Waals surface area contributed by atoms with Crippen molar-refractivity contribution < 1.29 is 13.9 Å². The van der Waals surface area contributed by atoms with Crippen molar-refractivity contribution >= 4 is 28.5 Å². The molecule has 0 unspecified atom stereocenters. The lowest BCUT2D eigenvalue weighted by atomic mass is 10.1. The lowest BCUT2D eigenvalue weighted by Gasteiger charge is -2.04. The molecule has 6 heteroatoms. The van der Waals surface area contributed by atoms with E-state index < -0.39 is 17.2 Å². The fourth-order valence-corrected chi connectivity index (χ4v) is 1.73. The monoisotopic (exact) mass is 255 g/mol. The molecule has 2 rings (SSSR count). The lowest BCUT2D eigenvalue weighted by Crippen LogP contribution is -2.18. The molecule has 0 atom stereocenters. The van der Waals surface area contributed by atoms with Gasteiger partial charge in [0.1, 0.15) is 11.4 Å². The zero-order valence-electron chi connectivity index (χ0n) is 8.71. The Balaban J connectivity index is 2.89. The summed E-state index contributed by atoms with van der Waals surface area (Å²) in [6.45, 7) is 0. The molecule has 1 heterocycles. The quantitative estimate of drug-likeness (QED) is 0.794.